The van der Waals surface area contributed by atoms with Gasteiger partial charge in [-0.25, -0.2) is 14.3 Å². The summed E-state index contributed by atoms with van der Waals surface area (Å²) in [4.78, 5) is 4.92. The third-order valence-electron chi connectivity index (χ3n) is 2.66. The minimum absolute atomic E-state index is 0.0813. The molecule has 2 rings (SSSR count). The maximum Gasteiger partial charge on any atom is 0.179 e. The van der Waals surface area contributed by atoms with E-state index in [1.165, 1.54) is 0 Å². The summed E-state index contributed by atoms with van der Waals surface area (Å²) in [5.41, 5.74) is 1.68. The lowest BCUT2D eigenvalue weighted by Gasteiger charge is -2.04. The molecule has 0 aliphatic carbocycles. The summed E-state index contributed by atoms with van der Waals surface area (Å²) in [6, 6.07) is 5.35. The average Bonchev–Trinajstić information content (AvgIpc) is 2.38. The van der Waals surface area contributed by atoms with Gasteiger partial charge in [-0.15, -0.1) is 0 Å². The highest BCUT2D eigenvalue weighted by atomic mass is 32.2. The molecule has 1 aliphatic rings. The topological polar surface area (TPSA) is 69.4 Å². The van der Waals surface area contributed by atoms with Crippen molar-refractivity contribution in [2.45, 2.75) is 24.3 Å². The van der Waals surface area contributed by atoms with Gasteiger partial charge in [-0.05, 0) is 23.1 Å². The van der Waals surface area contributed by atoms with Gasteiger partial charge in [0.25, 0.3) is 0 Å². The molecule has 15 heavy (non-hydrogen) atoms. The number of rotatable bonds is 2. The first-order valence-electron chi connectivity index (χ1n) is 4.72. The van der Waals surface area contributed by atoms with Crippen LogP contribution in [-0.4, -0.2) is 14.2 Å². The van der Waals surface area contributed by atoms with Crippen molar-refractivity contribution < 1.29 is 13.3 Å². The molecule has 0 fully saturated rings. The van der Waals surface area contributed by atoms with Crippen LogP contribution in [0.2, 0.25) is 0 Å². The van der Waals surface area contributed by atoms with Crippen LogP contribution >= 0.6 is 0 Å². The predicted molar refractivity (Wildman–Crippen MR) is 55.9 cm³/mol. The van der Waals surface area contributed by atoms with Crippen LogP contribution in [0, 0.1) is 0 Å². The Morgan fingerprint density at radius 1 is 1.53 bits per heavy atom. The van der Waals surface area contributed by atoms with Crippen LogP contribution in [-0.2, 0) is 21.3 Å². The van der Waals surface area contributed by atoms with Crippen LogP contribution in [0.25, 0.3) is 0 Å². The molecule has 2 N–H and O–H groups in total. The quantitative estimate of drug-likeness (QED) is 0.764. The molecule has 0 saturated heterocycles. The highest BCUT2D eigenvalue weighted by Gasteiger charge is 2.31. The van der Waals surface area contributed by atoms with Gasteiger partial charge in [-0.3, -0.25) is 4.84 Å². The molecule has 1 aliphatic heterocycles. The lowest BCUT2D eigenvalue weighted by atomic mass is 10.0. The van der Waals surface area contributed by atoms with Crippen molar-refractivity contribution in [3.63, 3.8) is 0 Å². The fourth-order valence-corrected chi connectivity index (χ4v) is 3.93. The molecule has 5 heteroatoms. The number of fused-ring (bicyclic) bond motifs is 1. The second-order valence-corrected chi connectivity index (χ2v) is 5.87. The van der Waals surface area contributed by atoms with E-state index in [1.54, 1.807) is 6.07 Å². The Bertz CT molecular complexity index is 481. The van der Waals surface area contributed by atoms with E-state index in [9.17, 15) is 8.42 Å². The van der Waals surface area contributed by atoms with Crippen LogP contribution < -0.4 is 5.90 Å². The van der Waals surface area contributed by atoms with Gasteiger partial charge in [-0.2, -0.15) is 0 Å². The van der Waals surface area contributed by atoms with E-state index in [-0.39, 0.29) is 18.3 Å². The Morgan fingerprint density at radius 3 is 2.93 bits per heavy atom. The van der Waals surface area contributed by atoms with Crippen molar-refractivity contribution >= 4 is 9.84 Å². The Labute approximate surface area is 88.9 Å². The number of hydrogen-bond acceptors (Lipinski definition) is 4. The maximum absolute atomic E-state index is 11.7. The van der Waals surface area contributed by atoms with Crippen molar-refractivity contribution in [2.75, 3.05) is 5.75 Å². The summed E-state index contributed by atoms with van der Waals surface area (Å²) in [7, 11) is -3.09. The minimum atomic E-state index is -3.09. The minimum Gasteiger partial charge on any atom is -0.300 e. The smallest absolute Gasteiger partial charge is 0.179 e. The molecule has 0 radical (unpaired) electrons. The van der Waals surface area contributed by atoms with Gasteiger partial charge in [0.1, 0.15) is 0 Å². The molecule has 1 aromatic rings. The standard InChI is InChI=1S/C10H13NO3S/c1-7-6-15(12,13)10-4-8(5-14-11)2-3-9(7)10/h2-4,7H,5-6,11H2,1H3. The van der Waals surface area contributed by atoms with Crippen LogP contribution in [0.15, 0.2) is 23.1 Å². The average molecular weight is 227 g/mol. The zero-order valence-corrected chi connectivity index (χ0v) is 9.25. The molecule has 1 aromatic carbocycles. The second kappa shape index (κ2) is 3.59. The van der Waals surface area contributed by atoms with Gasteiger partial charge < -0.3 is 0 Å². The lowest BCUT2D eigenvalue weighted by Crippen LogP contribution is -2.02. The molecule has 1 unspecified atom stereocenters. The third-order valence-corrected chi connectivity index (χ3v) is 4.63. The van der Waals surface area contributed by atoms with Gasteiger partial charge >= 0.3 is 0 Å². The number of nitrogens with two attached hydrogens (primary N) is 1. The molecular formula is C10H13NO3S. The van der Waals surface area contributed by atoms with Gasteiger partial charge in [-0.1, -0.05) is 19.1 Å². The van der Waals surface area contributed by atoms with Crippen molar-refractivity contribution in [1.82, 2.24) is 0 Å². The molecule has 4 nitrogen and oxygen atoms in total. The van der Waals surface area contributed by atoms with E-state index >= 15 is 0 Å². The molecule has 82 valence electrons. The van der Waals surface area contributed by atoms with E-state index < -0.39 is 9.84 Å². The van der Waals surface area contributed by atoms with E-state index in [1.807, 2.05) is 19.1 Å². The molecule has 0 aromatic heterocycles. The Kier molecular flexibility index (Phi) is 2.54. The van der Waals surface area contributed by atoms with E-state index in [4.69, 9.17) is 5.90 Å². The van der Waals surface area contributed by atoms with Crippen molar-refractivity contribution in [3.8, 4) is 0 Å². The summed E-state index contributed by atoms with van der Waals surface area (Å²) in [6.45, 7) is 2.15. The Hall–Kier alpha value is -0.910. The number of benzene rings is 1. The first-order valence-corrected chi connectivity index (χ1v) is 6.37. The summed E-state index contributed by atoms with van der Waals surface area (Å²) in [6.07, 6.45) is 0. The van der Waals surface area contributed by atoms with Crippen LogP contribution in [0.1, 0.15) is 24.0 Å². The lowest BCUT2D eigenvalue weighted by molar-refractivity contribution is 0.124. The summed E-state index contributed by atoms with van der Waals surface area (Å²) >= 11 is 0. The third kappa shape index (κ3) is 1.78. The van der Waals surface area contributed by atoms with E-state index in [0.717, 1.165) is 11.1 Å². The van der Waals surface area contributed by atoms with Gasteiger partial charge in [0.15, 0.2) is 9.84 Å². The number of hydrogen-bond donors (Lipinski definition) is 1. The van der Waals surface area contributed by atoms with E-state index in [0.29, 0.717) is 4.90 Å². The predicted octanol–water partition coefficient (Wildman–Crippen LogP) is 0.968. The first kappa shape index (κ1) is 10.6. The number of sulfone groups is 1. The highest BCUT2D eigenvalue weighted by molar-refractivity contribution is 7.91. The zero-order valence-electron chi connectivity index (χ0n) is 8.43. The van der Waals surface area contributed by atoms with Gasteiger partial charge in [0, 0.05) is 0 Å². The van der Waals surface area contributed by atoms with Crippen LogP contribution in [0.5, 0.6) is 0 Å². The van der Waals surface area contributed by atoms with E-state index in [2.05, 4.69) is 4.84 Å². The molecular weight excluding hydrogens is 214 g/mol. The van der Waals surface area contributed by atoms with Gasteiger partial charge in [0.2, 0.25) is 0 Å². The SMILES string of the molecule is CC1CS(=O)(=O)c2cc(CON)ccc21. The van der Waals surface area contributed by atoms with Crippen molar-refractivity contribution in [1.29, 1.82) is 0 Å². The Balaban J connectivity index is 2.53. The second-order valence-electron chi connectivity index (χ2n) is 3.87. The fourth-order valence-electron chi connectivity index (χ4n) is 1.95. The summed E-state index contributed by atoms with van der Waals surface area (Å²) in [5.74, 6) is 5.24. The van der Waals surface area contributed by atoms with Crippen LogP contribution in [0.3, 0.4) is 0 Å². The molecule has 0 amide bonds. The first-order chi connectivity index (χ1) is 7.04. The summed E-state index contributed by atoms with van der Waals surface area (Å²) in [5, 5.41) is 0. The van der Waals surface area contributed by atoms with Gasteiger partial charge in [0.05, 0.1) is 17.3 Å². The zero-order chi connectivity index (χ0) is 11.1. The Morgan fingerprint density at radius 2 is 2.27 bits per heavy atom. The fraction of sp³-hybridized carbons (Fsp3) is 0.400. The largest absolute Gasteiger partial charge is 0.300 e. The van der Waals surface area contributed by atoms with Crippen molar-refractivity contribution in [2.24, 2.45) is 5.90 Å². The molecule has 1 atom stereocenters. The maximum atomic E-state index is 11.7. The highest BCUT2D eigenvalue weighted by Crippen LogP contribution is 2.35. The van der Waals surface area contributed by atoms with Crippen molar-refractivity contribution in [3.05, 3.63) is 29.3 Å². The normalized spacial score (nSPS) is 22.7. The summed E-state index contributed by atoms with van der Waals surface area (Å²) < 4.78 is 23.5. The molecule has 0 spiro atoms. The van der Waals surface area contributed by atoms with Crippen LogP contribution in [0.4, 0.5) is 0 Å². The molecule has 0 bridgehead atoms. The molecule has 0 saturated carbocycles. The molecule has 1 heterocycles. The monoisotopic (exact) mass is 227 g/mol.